The Balaban J connectivity index is 1.58. The van der Waals surface area contributed by atoms with Crippen molar-refractivity contribution in [1.29, 1.82) is 0 Å². The van der Waals surface area contributed by atoms with Gasteiger partial charge in [0.25, 0.3) is 5.91 Å². The molecule has 0 radical (unpaired) electrons. The molecule has 8 nitrogen and oxygen atoms in total. The first-order chi connectivity index (χ1) is 13.8. The number of benzene rings is 1. The Bertz CT molecular complexity index is 927. The lowest BCUT2D eigenvalue weighted by Crippen LogP contribution is -2.44. The van der Waals surface area contributed by atoms with E-state index < -0.39 is 17.8 Å². The molecule has 29 heavy (non-hydrogen) atoms. The Labute approximate surface area is 167 Å². The molecule has 0 aliphatic carbocycles. The molecule has 0 saturated carbocycles. The fraction of sp³-hybridized carbons (Fsp3) is 0.350. The highest BCUT2D eigenvalue weighted by atomic mass is 19.1. The van der Waals surface area contributed by atoms with Crippen LogP contribution in [0.3, 0.4) is 0 Å². The van der Waals surface area contributed by atoms with Crippen molar-refractivity contribution >= 4 is 29.2 Å². The van der Waals surface area contributed by atoms with Gasteiger partial charge in [-0.15, -0.1) is 0 Å². The minimum atomic E-state index is -0.633. The zero-order valence-electron chi connectivity index (χ0n) is 16.3. The van der Waals surface area contributed by atoms with Gasteiger partial charge in [0, 0.05) is 31.2 Å². The van der Waals surface area contributed by atoms with Gasteiger partial charge < -0.3 is 25.3 Å². The molecule has 9 heteroatoms. The Morgan fingerprint density at radius 3 is 2.72 bits per heavy atom. The van der Waals surface area contributed by atoms with Gasteiger partial charge in [-0.2, -0.15) is 0 Å². The number of aryl methyl sites for hydroxylation is 1. The van der Waals surface area contributed by atoms with Crippen molar-refractivity contribution in [2.75, 3.05) is 23.7 Å². The molecule has 1 aliphatic rings. The van der Waals surface area contributed by atoms with Gasteiger partial charge in [-0.05, 0) is 44.5 Å². The van der Waals surface area contributed by atoms with E-state index in [2.05, 4.69) is 16.0 Å². The molecule has 3 N–H and O–H groups in total. The minimum Gasteiger partial charge on any atom is -0.469 e. The molecule has 1 aromatic carbocycles. The first-order valence-corrected chi connectivity index (χ1v) is 9.34. The predicted octanol–water partition coefficient (Wildman–Crippen LogP) is 3.11. The van der Waals surface area contributed by atoms with E-state index in [1.807, 2.05) is 0 Å². The van der Waals surface area contributed by atoms with Crippen molar-refractivity contribution in [3.8, 4) is 0 Å². The van der Waals surface area contributed by atoms with Crippen molar-refractivity contribution < 1.29 is 23.2 Å². The fourth-order valence-corrected chi connectivity index (χ4v) is 3.17. The molecule has 0 spiro atoms. The van der Waals surface area contributed by atoms with E-state index in [1.165, 1.54) is 24.5 Å². The van der Waals surface area contributed by atoms with Crippen molar-refractivity contribution in [2.45, 2.75) is 32.7 Å². The van der Waals surface area contributed by atoms with Crippen LogP contribution in [0, 0.1) is 12.7 Å². The number of amides is 4. The van der Waals surface area contributed by atoms with E-state index >= 15 is 0 Å². The molecule has 0 unspecified atom stereocenters. The summed E-state index contributed by atoms with van der Waals surface area (Å²) in [6.45, 7) is 4.56. The molecule has 1 aliphatic heterocycles. The number of carbonyl (C=O) groups is 3. The molecule has 4 amide bonds. The van der Waals surface area contributed by atoms with Crippen molar-refractivity contribution in [1.82, 2.24) is 10.2 Å². The lowest BCUT2D eigenvalue weighted by atomic mass is 10.2. The molecule has 1 atom stereocenters. The summed E-state index contributed by atoms with van der Waals surface area (Å²) in [4.78, 5) is 37.8. The van der Waals surface area contributed by atoms with Gasteiger partial charge in [-0.25, -0.2) is 9.18 Å². The van der Waals surface area contributed by atoms with Crippen molar-refractivity contribution in [3.05, 3.63) is 47.7 Å². The third-order valence-corrected chi connectivity index (χ3v) is 4.62. The second kappa shape index (κ2) is 8.76. The van der Waals surface area contributed by atoms with E-state index in [0.717, 1.165) is 12.5 Å². The average Bonchev–Trinajstić information content (AvgIpc) is 3.26. The summed E-state index contributed by atoms with van der Waals surface area (Å²) in [5, 5.41) is 7.82. The Kier molecular flexibility index (Phi) is 6.16. The molecule has 2 heterocycles. The third-order valence-electron chi connectivity index (χ3n) is 4.62. The number of likely N-dealkylation sites (tertiary alicyclic amines) is 1. The number of nitrogens with zero attached hydrogens (tertiary/aromatic N) is 1. The SMILES string of the molecule is Cc1occc1C(=O)Nc1cc(NC(=O)N[C@@H](C)CN2CCCC2=O)ccc1F. The number of furan rings is 1. The number of hydrogen-bond acceptors (Lipinski definition) is 4. The molecule has 3 rings (SSSR count). The van der Waals surface area contributed by atoms with Gasteiger partial charge in [0.1, 0.15) is 11.6 Å². The second-order valence-electron chi connectivity index (χ2n) is 6.98. The van der Waals surface area contributed by atoms with Crippen LogP contribution in [0.25, 0.3) is 0 Å². The van der Waals surface area contributed by atoms with Crippen molar-refractivity contribution in [2.24, 2.45) is 0 Å². The molecule has 1 saturated heterocycles. The summed E-state index contributed by atoms with van der Waals surface area (Å²) in [6.07, 6.45) is 2.75. The summed E-state index contributed by atoms with van der Waals surface area (Å²) >= 11 is 0. The first kappa shape index (κ1) is 20.4. The van der Waals surface area contributed by atoms with Gasteiger partial charge in [0.2, 0.25) is 5.91 Å². The Morgan fingerprint density at radius 2 is 2.07 bits per heavy atom. The Hall–Kier alpha value is -3.36. The maximum atomic E-state index is 14.1. The smallest absolute Gasteiger partial charge is 0.319 e. The minimum absolute atomic E-state index is 0.0656. The molecule has 1 fully saturated rings. The third kappa shape index (κ3) is 5.13. The normalized spacial score (nSPS) is 14.6. The van der Waals surface area contributed by atoms with Gasteiger partial charge >= 0.3 is 6.03 Å². The van der Waals surface area contributed by atoms with Gasteiger partial charge in [-0.3, -0.25) is 9.59 Å². The number of hydrogen-bond donors (Lipinski definition) is 3. The van der Waals surface area contributed by atoms with Gasteiger partial charge in [0.15, 0.2) is 0 Å². The quantitative estimate of drug-likeness (QED) is 0.691. The van der Waals surface area contributed by atoms with E-state index in [-0.39, 0.29) is 17.6 Å². The van der Waals surface area contributed by atoms with E-state index in [0.29, 0.717) is 36.5 Å². The molecule has 154 valence electrons. The molecular formula is C20H23FN4O4. The van der Waals surface area contributed by atoms with Crippen LogP contribution in [0.2, 0.25) is 0 Å². The van der Waals surface area contributed by atoms with Crippen LogP contribution in [-0.4, -0.2) is 41.9 Å². The van der Waals surface area contributed by atoms with E-state index in [9.17, 15) is 18.8 Å². The average molecular weight is 402 g/mol. The monoisotopic (exact) mass is 402 g/mol. The molecule has 1 aromatic heterocycles. The van der Waals surface area contributed by atoms with Crippen LogP contribution < -0.4 is 16.0 Å². The zero-order chi connectivity index (χ0) is 21.0. The lowest BCUT2D eigenvalue weighted by molar-refractivity contribution is -0.127. The second-order valence-corrected chi connectivity index (χ2v) is 6.98. The largest absolute Gasteiger partial charge is 0.469 e. The van der Waals surface area contributed by atoms with Crippen molar-refractivity contribution in [3.63, 3.8) is 0 Å². The van der Waals surface area contributed by atoms with Crippen LogP contribution >= 0.6 is 0 Å². The highest BCUT2D eigenvalue weighted by Crippen LogP contribution is 2.21. The van der Waals surface area contributed by atoms with Crippen LogP contribution in [0.4, 0.5) is 20.6 Å². The maximum absolute atomic E-state index is 14.1. The summed E-state index contributed by atoms with van der Waals surface area (Å²) in [6, 6.07) is 4.63. The predicted molar refractivity (Wildman–Crippen MR) is 105 cm³/mol. The van der Waals surface area contributed by atoms with Crippen LogP contribution in [0.1, 0.15) is 35.9 Å². The highest BCUT2D eigenvalue weighted by Gasteiger charge is 2.22. The first-order valence-electron chi connectivity index (χ1n) is 9.34. The van der Waals surface area contributed by atoms with Crippen LogP contribution in [0.15, 0.2) is 34.9 Å². The number of rotatable bonds is 6. The van der Waals surface area contributed by atoms with Crippen LogP contribution in [-0.2, 0) is 4.79 Å². The molecule has 0 bridgehead atoms. The number of halogens is 1. The molecule has 2 aromatic rings. The summed E-state index contributed by atoms with van der Waals surface area (Å²) < 4.78 is 19.2. The van der Waals surface area contributed by atoms with E-state index in [1.54, 1.807) is 18.7 Å². The van der Waals surface area contributed by atoms with E-state index in [4.69, 9.17) is 4.42 Å². The standard InChI is InChI=1S/C20H23FN4O4/c1-12(11-25-8-3-4-18(25)26)22-20(28)23-14-5-6-16(21)17(10-14)24-19(27)15-7-9-29-13(15)2/h5-7,9-10,12H,3-4,8,11H2,1-2H3,(H,24,27)(H2,22,23,28)/t12-/m0/s1. The zero-order valence-corrected chi connectivity index (χ0v) is 16.3. The maximum Gasteiger partial charge on any atom is 0.319 e. The summed E-state index contributed by atoms with van der Waals surface area (Å²) in [7, 11) is 0. The Morgan fingerprint density at radius 1 is 1.28 bits per heavy atom. The lowest BCUT2D eigenvalue weighted by Gasteiger charge is -2.21. The molecular weight excluding hydrogens is 379 g/mol. The summed E-state index contributed by atoms with van der Waals surface area (Å²) in [5.41, 5.74) is 0.544. The number of carbonyl (C=O) groups excluding carboxylic acids is 3. The topological polar surface area (TPSA) is 104 Å². The number of urea groups is 1. The van der Waals surface area contributed by atoms with Gasteiger partial charge in [0.05, 0.1) is 17.5 Å². The fourth-order valence-electron chi connectivity index (χ4n) is 3.17. The van der Waals surface area contributed by atoms with Gasteiger partial charge in [-0.1, -0.05) is 0 Å². The van der Waals surface area contributed by atoms with Crippen LogP contribution in [0.5, 0.6) is 0 Å². The highest BCUT2D eigenvalue weighted by molar-refractivity contribution is 6.05. The summed E-state index contributed by atoms with van der Waals surface area (Å²) in [5.74, 6) is -0.639. The number of anilines is 2. The number of nitrogens with one attached hydrogen (secondary N) is 3.